The van der Waals surface area contributed by atoms with Gasteiger partial charge < -0.3 is 4.98 Å². The van der Waals surface area contributed by atoms with Gasteiger partial charge in [-0.05, 0) is 12.1 Å². The van der Waals surface area contributed by atoms with E-state index in [1.54, 1.807) is 0 Å². The lowest BCUT2D eigenvalue weighted by Crippen LogP contribution is -2.11. The Hall–Kier alpha value is -2.04. The first-order chi connectivity index (χ1) is 8.11. The Morgan fingerprint density at radius 1 is 1.35 bits per heavy atom. The number of hydrogen-bond donors (Lipinski definition) is 1. The van der Waals surface area contributed by atoms with Gasteiger partial charge in [0.25, 0.3) is 5.56 Å². The summed E-state index contributed by atoms with van der Waals surface area (Å²) in [5.74, 6) is -1.51. The molecule has 3 nitrogen and oxygen atoms in total. The van der Waals surface area contributed by atoms with Crippen molar-refractivity contribution in [3.8, 4) is 11.3 Å². The average Bonchev–Trinajstić information content (AvgIpc) is 2.31. The third kappa shape index (κ3) is 2.22. The molecule has 0 saturated heterocycles. The van der Waals surface area contributed by atoms with Crippen molar-refractivity contribution in [2.24, 2.45) is 0 Å². The van der Waals surface area contributed by atoms with Crippen LogP contribution in [0.3, 0.4) is 0 Å². The molecule has 0 fully saturated rings. The van der Waals surface area contributed by atoms with E-state index in [4.69, 9.17) is 0 Å². The lowest BCUT2D eigenvalue weighted by molar-refractivity contribution is 0.511. The first-order valence-corrected chi connectivity index (χ1v) is 5.16. The van der Waals surface area contributed by atoms with Crippen molar-refractivity contribution in [1.29, 1.82) is 0 Å². The van der Waals surface area contributed by atoms with E-state index in [1.165, 1.54) is 12.1 Å². The Labute approximate surface area is 96.2 Å². The van der Waals surface area contributed by atoms with Crippen molar-refractivity contribution in [3.63, 3.8) is 0 Å². The fraction of sp³-hybridized carbons (Fsp3) is 0.167. The van der Waals surface area contributed by atoms with Gasteiger partial charge in [0.2, 0.25) is 0 Å². The highest BCUT2D eigenvalue weighted by Crippen LogP contribution is 2.21. The second-order valence-corrected chi connectivity index (χ2v) is 3.53. The van der Waals surface area contributed by atoms with Crippen molar-refractivity contribution in [1.82, 2.24) is 9.97 Å². The summed E-state index contributed by atoms with van der Waals surface area (Å²) in [7, 11) is 0. The molecule has 17 heavy (non-hydrogen) atoms. The number of nitrogens with one attached hydrogen (secondary N) is 1. The summed E-state index contributed by atoms with van der Waals surface area (Å²) in [5, 5.41) is 0. The number of benzene rings is 1. The third-order valence-electron chi connectivity index (χ3n) is 2.35. The van der Waals surface area contributed by atoms with Crippen LogP contribution in [0.15, 0.2) is 29.1 Å². The zero-order valence-corrected chi connectivity index (χ0v) is 9.13. The molecule has 0 radical (unpaired) electrons. The van der Waals surface area contributed by atoms with E-state index in [0.717, 1.165) is 12.1 Å². The molecule has 0 bridgehead atoms. The topological polar surface area (TPSA) is 45.8 Å². The molecule has 0 atom stereocenters. The minimum absolute atomic E-state index is 0.00852. The highest BCUT2D eigenvalue weighted by molar-refractivity contribution is 5.59. The highest BCUT2D eigenvalue weighted by atomic mass is 19.2. The molecule has 0 spiro atoms. The Morgan fingerprint density at radius 2 is 2.12 bits per heavy atom. The Bertz CT molecular complexity index is 608. The summed E-state index contributed by atoms with van der Waals surface area (Å²) >= 11 is 0. The minimum atomic E-state index is -0.993. The average molecular weight is 236 g/mol. The number of hydrogen-bond acceptors (Lipinski definition) is 2. The van der Waals surface area contributed by atoms with E-state index in [0.29, 0.717) is 12.2 Å². The van der Waals surface area contributed by atoms with E-state index >= 15 is 0 Å². The Morgan fingerprint density at radius 3 is 2.82 bits per heavy atom. The maximum absolute atomic E-state index is 13.5. The van der Waals surface area contributed by atoms with Crippen molar-refractivity contribution in [2.75, 3.05) is 0 Å². The normalized spacial score (nSPS) is 10.5. The predicted molar refractivity (Wildman–Crippen MR) is 59.6 cm³/mol. The van der Waals surface area contributed by atoms with Crippen LogP contribution in [0.25, 0.3) is 11.3 Å². The molecule has 0 amide bonds. The van der Waals surface area contributed by atoms with Gasteiger partial charge in [-0.3, -0.25) is 4.79 Å². The number of halogens is 2. The van der Waals surface area contributed by atoms with Crippen LogP contribution in [0, 0.1) is 11.6 Å². The zero-order valence-electron chi connectivity index (χ0n) is 9.13. The van der Waals surface area contributed by atoms with Crippen LogP contribution in [0.2, 0.25) is 0 Å². The van der Waals surface area contributed by atoms with Crippen molar-refractivity contribution in [3.05, 3.63) is 52.1 Å². The fourth-order valence-electron chi connectivity index (χ4n) is 1.52. The largest absolute Gasteiger partial charge is 0.311 e. The fourth-order valence-corrected chi connectivity index (χ4v) is 1.52. The maximum atomic E-state index is 13.5. The number of H-pyrrole nitrogens is 1. The van der Waals surface area contributed by atoms with Gasteiger partial charge in [-0.15, -0.1) is 0 Å². The molecule has 1 heterocycles. The first-order valence-electron chi connectivity index (χ1n) is 5.16. The monoisotopic (exact) mass is 236 g/mol. The summed E-state index contributed by atoms with van der Waals surface area (Å²) in [6.45, 7) is 1.81. The molecule has 5 heteroatoms. The molecule has 0 aliphatic carbocycles. The van der Waals surface area contributed by atoms with E-state index in [2.05, 4.69) is 9.97 Å². The molecule has 0 saturated carbocycles. The number of aromatic nitrogens is 2. The lowest BCUT2D eigenvalue weighted by Gasteiger charge is -2.04. The third-order valence-corrected chi connectivity index (χ3v) is 2.35. The van der Waals surface area contributed by atoms with Gasteiger partial charge in [-0.2, -0.15) is 0 Å². The van der Waals surface area contributed by atoms with Crippen LogP contribution < -0.4 is 5.56 Å². The molecule has 0 unspecified atom stereocenters. The van der Waals surface area contributed by atoms with Gasteiger partial charge in [-0.1, -0.05) is 13.0 Å². The van der Waals surface area contributed by atoms with Gasteiger partial charge >= 0.3 is 0 Å². The van der Waals surface area contributed by atoms with Crippen LogP contribution in [0.4, 0.5) is 8.78 Å². The van der Waals surface area contributed by atoms with Crippen LogP contribution in [-0.2, 0) is 6.42 Å². The molecule has 0 aliphatic heterocycles. The van der Waals surface area contributed by atoms with Gasteiger partial charge in [0.05, 0.1) is 5.69 Å². The van der Waals surface area contributed by atoms with Crippen molar-refractivity contribution < 1.29 is 8.78 Å². The van der Waals surface area contributed by atoms with E-state index in [-0.39, 0.29) is 16.8 Å². The maximum Gasteiger partial charge on any atom is 0.251 e. The predicted octanol–water partition coefficient (Wildman–Crippen LogP) is 2.28. The number of aromatic amines is 1. The second-order valence-electron chi connectivity index (χ2n) is 3.53. The SMILES string of the molecule is CCc1nc(-c2cccc(F)c2F)cc(=O)[nH]1. The summed E-state index contributed by atoms with van der Waals surface area (Å²) in [6.07, 6.45) is 0.514. The van der Waals surface area contributed by atoms with Crippen LogP contribution >= 0.6 is 0 Å². The zero-order chi connectivity index (χ0) is 12.4. The number of nitrogens with zero attached hydrogens (tertiary/aromatic N) is 1. The van der Waals surface area contributed by atoms with Gasteiger partial charge in [0.15, 0.2) is 11.6 Å². The van der Waals surface area contributed by atoms with Gasteiger partial charge in [0, 0.05) is 18.1 Å². The number of rotatable bonds is 2. The molecule has 2 aromatic rings. The number of aryl methyl sites for hydroxylation is 1. The van der Waals surface area contributed by atoms with E-state index < -0.39 is 11.6 Å². The quantitative estimate of drug-likeness (QED) is 0.869. The van der Waals surface area contributed by atoms with Crippen molar-refractivity contribution >= 4 is 0 Å². The summed E-state index contributed by atoms with van der Waals surface area (Å²) in [6, 6.07) is 4.94. The van der Waals surface area contributed by atoms with Crippen LogP contribution in [-0.4, -0.2) is 9.97 Å². The summed E-state index contributed by atoms with van der Waals surface area (Å²) < 4.78 is 26.6. The summed E-state index contributed by atoms with van der Waals surface area (Å²) in [5.41, 5.74) is -0.246. The van der Waals surface area contributed by atoms with E-state index in [1.807, 2.05) is 6.92 Å². The minimum Gasteiger partial charge on any atom is -0.311 e. The van der Waals surface area contributed by atoms with Gasteiger partial charge in [-0.25, -0.2) is 13.8 Å². The second kappa shape index (κ2) is 4.45. The molecule has 1 aromatic carbocycles. The molecule has 0 aliphatic rings. The van der Waals surface area contributed by atoms with Crippen molar-refractivity contribution in [2.45, 2.75) is 13.3 Å². The molecule has 1 N–H and O–H groups in total. The van der Waals surface area contributed by atoms with Crippen LogP contribution in [0.5, 0.6) is 0 Å². The van der Waals surface area contributed by atoms with Gasteiger partial charge in [0.1, 0.15) is 5.82 Å². The Kier molecular flexibility index (Phi) is 2.99. The lowest BCUT2D eigenvalue weighted by atomic mass is 10.1. The Balaban J connectivity index is 2.64. The summed E-state index contributed by atoms with van der Waals surface area (Å²) in [4.78, 5) is 17.9. The highest BCUT2D eigenvalue weighted by Gasteiger charge is 2.11. The molecule has 1 aromatic heterocycles. The first kappa shape index (κ1) is 11.4. The van der Waals surface area contributed by atoms with E-state index in [9.17, 15) is 13.6 Å². The molecular weight excluding hydrogens is 226 g/mol. The van der Waals surface area contributed by atoms with Crippen LogP contribution in [0.1, 0.15) is 12.7 Å². The standard InChI is InChI=1S/C12H10F2N2O/c1-2-10-15-9(6-11(17)16-10)7-4-3-5-8(13)12(7)14/h3-6H,2H2,1H3,(H,15,16,17). The molecule has 88 valence electrons. The molecular formula is C12H10F2N2O. The molecule has 2 rings (SSSR count). The smallest absolute Gasteiger partial charge is 0.251 e.